The second-order valence-electron chi connectivity index (χ2n) is 11.9. The number of rotatable bonds is 7. The predicted octanol–water partition coefficient (Wildman–Crippen LogP) is 6.98. The van der Waals surface area contributed by atoms with Crippen LogP contribution in [-0.2, 0) is 22.4 Å². The molecule has 0 unspecified atom stereocenters. The van der Waals surface area contributed by atoms with Crippen LogP contribution in [0.25, 0.3) is 15.5 Å². The lowest BCUT2D eigenvalue weighted by Gasteiger charge is -2.34. The molecule has 4 heterocycles. The number of benzene rings is 2. The minimum absolute atomic E-state index is 0.0634. The topological polar surface area (TPSA) is 95.2 Å². The smallest absolute Gasteiger partial charge is 0.261 e. The lowest BCUT2D eigenvalue weighted by atomic mass is 9.81. The number of likely N-dealkylation sites (tertiary alicyclic amines) is 1. The number of ether oxygens (including phenoxy) is 2. The van der Waals surface area contributed by atoms with Gasteiger partial charge in [-0.1, -0.05) is 34.8 Å². The lowest BCUT2D eigenvalue weighted by Crippen LogP contribution is -2.45. The van der Waals surface area contributed by atoms with Crippen molar-refractivity contribution in [1.29, 1.82) is 0 Å². The Morgan fingerprint density at radius 3 is 1.96 bits per heavy atom. The highest BCUT2D eigenvalue weighted by molar-refractivity contribution is 6.33. The van der Waals surface area contributed by atoms with Gasteiger partial charge in [-0.2, -0.15) is 10.2 Å². The summed E-state index contributed by atoms with van der Waals surface area (Å²) in [4.78, 5) is 22.6. The molecule has 2 aromatic carbocycles. The maximum absolute atomic E-state index is 13.0. The number of hydrogen-bond acceptors (Lipinski definition) is 6. The normalized spacial score (nSPS) is 16.4. The van der Waals surface area contributed by atoms with Crippen molar-refractivity contribution in [2.24, 2.45) is 0 Å². The fourth-order valence-corrected chi connectivity index (χ4v) is 6.84. The van der Waals surface area contributed by atoms with E-state index in [0.29, 0.717) is 64.0 Å². The van der Waals surface area contributed by atoms with Crippen LogP contribution in [0, 0.1) is 20.1 Å². The van der Waals surface area contributed by atoms with Crippen molar-refractivity contribution in [3.63, 3.8) is 0 Å². The van der Waals surface area contributed by atoms with Gasteiger partial charge in [0.1, 0.15) is 23.1 Å². The largest absolute Gasteiger partial charge is 0.495 e. The summed E-state index contributed by atoms with van der Waals surface area (Å²) in [7, 11) is 3.15. The third kappa shape index (κ3) is 7.51. The van der Waals surface area contributed by atoms with E-state index in [1.54, 1.807) is 53.0 Å². The minimum Gasteiger partial charge on any atom is -0.495 e. The Morgan fingerprint density at radius 1 is 0.918 bits per heavy atom. The fourth-order valence-electron chi connectivity index (χ4n) is 6.23. The SMILES string of the molecule is [C-]#[N+]C1(c2ccc(Cl)c(OC)c2)CCN(C(=O)Cn2nc(-n3cccn3)c(Cl)c2C)CC1.[C-]#[N+]C1(c2ccc(Cl)c(OC)c2)CCNCC1. The van der Waals surface area contributed by atoms with Crippen LogP contribution in [0.5, 0.6) is 11.5 Å². The average Bonchev–Trinajstić information content (AvgIpc) is 3.77. The molecular formula is C35H37Cl3N8O3. The lowest BCUT2D eigenvalue weighted by molar-refractivity contribution is -0.133. The van der Waals surface area contributed by atoms with Crippen molar-refractivity contribution >= 4 is 40.7 Å². The Labute approximate surface area is 301 Å². The first-order chi connectivity index (χ1) is 23.6. The fraction of sp³-hybridized carbons (Fsp3) is 0.400. The molecule has 1 N–H and O–H groups in total. The third-order valence-electron chi connectivity index (χ3n) is 9.30. The standard InChI is InChI=1S/C22H22Cl2N6O2.C13H15ClN2O/c1-15-20(24)21(29-10-4-9-26-29)27-30(15)14-19(31)28-11-7-22(25-2,8-12-28)16-5-6-17(23)18(13-16)32-3;1-15-13(5-7-16-8-6-13)10-3-4-11(14)12(9-10)17-2/h4-6,9-10,13H,7-8,11-12,14H2,1,3H3;3-4,9,16H,5-8H2,2H3. The molecule has 2 saturated heterocycles. The van der Waals surface area contributed by atoms with Crippen LogP contribution in [0.2, 0.25) is 15.1 Å². The van der Waals surface area contributed by atoms with E-state index in [-0.39, 0.29) is 12.5 Å². The molecule has 6 rings (SSSR count). The van der Waals surface area contributed by atoms with Crippen LogP contribution in [-0.4, -0.2) is 70.8 Å². The van der Waals surface area contributed by atoms with Crippen LogP contribution in [0.4, 0.5) is 0 Å². The number of aromatic nitrogens is 4. The number of amides is 1. The van der Waals surface area contributed by atoms with Gasteiger partial charge in [0.05, 0.1) is 30.0 Å². The highest BCUT2D eigenvalue weighted by atomic mass is 35.5. The Hall–Kier alpha value is -4.26. The number of carbonyl (C=O) groups is 1. The molecule has 2 aromatic heterocycles. The van der Waals surface area contributed by atoms with Gasteiger partial charge in [0, 0.05) is 75.4 Å². The summed E-state index contributed by atoms with van der Waals surface area (Å²) in [5.41, 5.74) is 1.46. The Morgan fingerprint density at radius 2 is 1.47 bits per heavy atom. The number of nitrogens with zero attached hydrogens (tertiary/aromatic N) is 7. The van der Waals surface area contributed by atoms with E-state index in [4.69, 9.17) is 57.4 Å². The molecule has 14 heteroatoms. The van der Waals surface area contributed by atoms with E-state index < -0.39 is 11.1 Å². The Balaban J connectivity index is 0.000000232. The van der Waals surface area contributed by atoms with Crippen molar-refractivity contribution < 1.29 is 14.3 Å². The Bertz CT molecular complexity index is 1870. The van der Waals surface area contributed by atoms with Crippen LogP contribution in [0.15, 0.2) is 54.9 Å². The summed E-state index contributed by atoms with van der Waals surface area (Å²) >= 11 is 18.6. The first kappa shape index (κ1) is 36.0. The first-order valence-corrected chi connectivity index (χ1v) is 16.9. The second kappa shape index (κ2) is 15.5. The van der Waals surface area contributed by atoms with Gasteiger partial charge >= 0.3 is 0 Å². The van der Waals surface area contributed by atoms with Crippen LogP contribution in [0.1, 0.15) is 42.5 Å². The van der Waals surface area contributed by atoms with Crippen molar-refractivity contribution in [3.8, 4) is 17.3 Å². The average molecular weight is 724 g/mol. The number of halogens is 3. The van der Waals surface area contributed by atoms with Gasteiger partial charge in [0.2, 0.25) is 5.91 Å². The van der Waals surface area contributed by atoms with Gasteiger partial charge in [0.15, 0.2) is 5.82 Å². The molecular weight excluding hydrogens is 687 g/mol. The summed E-state index contributed by atoms with van der Waals surface area (Å²) in [6.07, 6.45) is 6.13. The maximum atomic E-state index is 13.0. The number of carbonyl (C=O) groups excluding carboxylic acids is 1. The monoisotopic (exact) mass is 722 g/mol. The quantitative estimate of drug-likeness (QED) is 0.207. The molecule has 0 aliphatic carbocycles. The summed E-state index contributed by atoms with van der Waals surface area (Å²) in [6.45, 7) is 20.0. The van der Waals surface area contributed by atoms with Crippen LogP contribution in [0.3, 0.4) is 0 Å². The number of hydrogen-bond donors (Lipinski definition) is 1. The Kier molecular flexibility index (Phi) is 11.4. The third-order valence-corrected chi connectivity index (χ3v) is 10.4. The van der Waals surface area contributed by atoms with Gasteiger partial charge in [-0.3, -0.25) is 9.48 Å². The molecule has 1 amide bonds. The molecule has 2 aliphatic rings. The molecule has 0 atom stereocenters. The highest BCUT2D eigenvalue weighted by Gasteiger charge is 2.44. The zero-order chi connectivity index (χ0) is 35.2. The molecule has 2 fully saturated rings. The van der Waals surface area contributed by atoms with Gasteiger partial charge < -0.3 is 29.4 Å². The van der Waals surface area contributed by atoms with Crippen molar-refractivity contribution in [2.45, 2.75) is 50.2 Å². The van der Waals surface area contributed by atoms with Gasteiger partial charge in [-0.05, 0) is 49.4 Å². The van der Waals surface area contributed by atoms with E-state index >= 15 is 0 Å². The number of nitrogens with one attached hydrogen (secondary N) is 1. The zero-order valence-electron chi connectivity index (χ0n) is 27.5. The molecule has 0 spiro atoms. The van der Waals surface area contributed by atoms with Crippen LogP contribution < -0.4 is 14.8 Å². The zero-order valence-corrected chi connectivity index (χ0v) is 29.8. The highest BCUT2D eigenvalue weighted by Crippen LogP contribution is 2.41. The summed E-state index contributed by atoms with van der Waals surface area (Å²) in [5.74, 6) is 1.62. The summed E-state index contributed by atoms with van der Waals surface area (Å²) in [6, 6.07) is 12.9. The van der Waals surface area contributed by atoms with Gasteiger partial charge in [-0.15, -0.1) is 0 Å². The van der Waals surface area contributed by atoms with Crippen LogP contribution >= 0.6 is 34.8 Å². The molecule has 2 aliphatic heterocycles. The van der Waals surface area contributed by atoms with E-state index in [2.05, 4.69) is 25.2 Å². The van der Waals surface area contributed by atoms with Crippen molar-refractivity contribution in [1.82, 2.24) is 29.8 Å². The molecule has 0 saturated carbocycles. The molecule has 4 aromatic rings. The second-order valence-corrected chi connectivity index (χ2v) is 13.1. The van der Waals surface area contributed by atoms with Gasteiger partial charge in [-0.25, -0.2) is 17.8 Å². The van der Waals surface area contributed by atoms with E-state index in [1.165, 1.54) is 0 Å². The van der Waals surface area contributed by atoms with Crippen molar-refractivity contribution in [3.05, 3.63) is 110 Å². The molecule has 256 valence electrons. The van der Waals surface area contributed by atoms with Crippen molar-refractivity contribution in [2.75, 3.05) is 40.4 Å². The summed E-state index contributed by atoms with van der Waals surface area (Å²) < 4.78 is 13.7. The first-order valence-electron chi connectivity index (χ1n) is 15.8. The van der Waals surface area contributed by atoms with Gasteiger partial charge in [0.25, 0.3) is 11.1 Å². The van der Waals surface area contributed by atoms with E-state index in [9.17, 15) is 4.79 Å². The molecule has 0 bridgehead atoms. The molecule has 11 nitrogen and oxygen atoms in total. The summed E-state index contributed by atoms with van der Waals surface area (Å²) in [5, 5.41) is 13.5. The molecule has 49 heavy (non-hydrogen) atoms. The maximum Gasteiger partial charge on any atom is 0.261 e. The molecule has 0 radical (unpaired) electrons. The number of methoxy groups -OCH3 is 2. The van der Waals surface area contributed by atoms with E-state index in [0.717, 1.165) is 37.1 Å². The number of piperidine rings is 2. The predicted molar refractivity (Wildman–Crippen MR) is 190 cm³/mol. The minimum atomic E-state index is -0.702. The van der Waals surface area contributed by atoms with E-state index in [1.807, 2.05) is 37.3 Å².